The molecule has 8 heteroatoms. The summed E-state index contributed by atoms with van der Waals surface area (Å²) in [5.41, 5.74) is -0.890. The fourth-order valence-corrected chi connectivity index (χ4v) is 2.14. The molecule has 0 atom stereocenters. The third-order valence-corrected chi connectivity index (χ3v) is 3.17. The van der Waals surface area contributed by atoms with Crippen molar-refractivity contribution in [2.45, 2.75) is 0 Å². The summed E-state index contributed by atoms with van der Waals surface area (Å²) < 4.78 is 5.35. The molecular weight excluding hydrogens is 432 g/mol. The Morgan fingerprint density at radius 2 is 1.52 bits per heavy atom. The van der Waals surface area contributed by atoms with Crippen LogP contribution in [0.15, 0.2) is 39.5 Å². The molecule has 0 fully saturated rings. The zero-order valence-electron chi connectivity index (χ0n) is 11.4. The van der Waals surface area contributed by atoms with Gasteiger partial charge in [-0.2, -0.15) is 0 Å². The Morgan fingerprint density at radius 3 is 2.17 bits per heavy atom. The third-order valence-electron chi connectivity index (χ3n) is 3.17. The van der Waals surface area contributed by atoms with E-state index in [9.17, 15) is 30.3 Å². The average Bonchev–Trinajstić information content (AvgIpc) is 2.45. The van der Waals surface area contributed by atoms with Crippen molar-refractivity contribution in [2.75, 3.05) is 0 Å². The molecule has 0 saturated heterocycles. The molecule has 0 radical (unpaired) electrons. The summed E-state index contributed by atoms with van der Waals surface area (Å²) in [7, 11) is 0. The van der Waals surface area contributed by atoms with Crippen LogP contribution in [0.5, 0.6) is 28.7 Å². The fraction of sp³-hybridized carbons (Fsp3) is 0. The molecule has 3 aromatic rings. The van der Waals surface area contributed by atoms with Gasteiger partial charge in [-0.1, -0.05) is 0 Å². The van der Waals surface area contributed by atoms with Gasteiger partial charge in [0.2, 0.25) is 11.2 Å². The monoisotopic (exact) mass is 442 g/mol. The number of fused-ring (bicyclic) bond motifs is 1. The van der Waals surface area contributed by atoms with Crippen LogP contribution in [0, 0.1) is 41.7 Å². The molecule has 23 heavy (non-hydrogen) atoms. The molecule has 1 aromatic heterocycles. The van der Waals surface area contributed by atoms with Crippen molar-refractivity contribution in [2.24, 2.45) is 0 Å². The summed E-state index contributed by atoms with van der Waals surface area (Å²) in [4.78, 5) is 12.1. The van der Waals surface area contributed by atoms with Crippen LogP contribution >= 0.6 is 0 Å². The molecule has 0 aliphatic carbocycles. The normalized spacial score (nSPS) is 10.4. The van der Waals surface area contributed by atoms with Gasteiger partial charge in [0, 0.05) is 59.4 Å². The van der Waals surface area contributed by atoms with Crippen LogP contribution in [0.1, 0.15) is 0 Å². The van der Waals surface area contributed by atoms with Crippen molar-refractivity contribution < 1.29 is 71.7 Å². The maximum Gasteiger partial charge on any atom is 0.238 e. The van der Waals surface area contributed by atoms with E-state index in [1.165, 1.54) is 6.07 Å². The van der Waals surface area contributed by atoms with Crippen molar-refractivity contribution in [1.29, 1.82) is 0 Å². The zero-order chi connectivity index (χ0) is 16.0. The Labute approximate surface area is 162 Å². The van der Waals surface area contributed by atoms with Gasteiger partial charge < -0.3 is 29.9 Å². The van der Waals surface area contributed by atoms with Crippen LogP contribution in [-0.2, 0) is 0 Å². The van der Waals surface area contributed by atoms with Crippen LogP contribution in [-0.4, -0.2) is 25.5 Å². The molecule has 7 nitrogen and oxygen atoms in total. The van der Waals surface area contributed by atoms with Crippen LogP contribution in [0.3, 0.4) is 0 Å². The van der Waals surface area contributed by atoms with E-state index in [1.54, 1.807) is 0 Å². The van der Waals surface area contributed by atoms with Gasteiger partial charge in [-0.25, -0.2) is 0 Å². The maximum atomic E-state index is 12.1. The third kappa shape index (κ3) is 2.94. The maximum absolute atomic E-state index is 12.1. The Bertz CT molecular complexity index is 962. The molecule has 1 heterocycles. The van der Waals surface area contributed by atoms with E-state index in [2.05, 4.69) is 0 Å². The van der Waals surface area contributed by atoms with Crippen molar-refractivity contribution in [3.8, 4) is 40.1 Å². The van der Waals surface area contributed by atoms with Crippen LogP contribution < -0.4 is 5.43 Å². The van der Waals surface area contributed by atoms with Crippen LogP contribution in [0.2, 0.25) is 0 Å². The van der Waals surface area contributed by atoms with Crippen molar-refractivity contribution in [3.05, 3.63) is 40.6 Å². The first-order chi connectivity index (χ1) is 10.4. The second kappa shape index (κ2) is 6.26. The summed E-state index contributed by atoms with van der Waals surface area (Å²) in [6.07, 6.45) is 0. The van der Waals surface area contributed by atoms with Crippen molar-refractivity contribution in [3.63, 3.8) is 0 Å². The predicted octanol–water partition coefficient (Wildman–Crippen LogP) is 1.99. The molecule has 5 N–H and O–H groups in total. The summed E-state index contributed by atoms with van der Waals surface area (Å²) in [6.45, 7) is 0. The summed E-state index contributed by atoms with van der Waals surface area (Å²) in [6, 6.07) is 5.64. The Balaban J connectivity index is 0.00000192. The summed E-state index contributed by atoms with van der Waals surface area (Å²) in [5, 5.41) is 47.6. The van der Waals surface area contributed by atoms with E-state index in [0.717, 1.165) is 24.3 Å². The molecule has 0 amide bonds. The van der Waals surface area contributed by atoms with Gasteiger partial charge >= 0.3 is 0 Å². The molecule has 0 spiro atoms. The standard InChI is InChI=1S/C15H10O7.Ce/c16-7-4-10(19)12-11(5-7)22-15(14(21)13(12)20)6-1-2-8(17)9(18)3-6;/h1-5,16-19,21H;. The quantitative estimate of drug-likeness (QED) is 0.364. The molecule has 0 saturated carbocycles. The number of phenolic OH excluding ortho intramolecular Hbond substituents is 4. The number of aromatic hydroxyl groups is 5. The topological polar surface area (TPSA) is 131 Å². The molecule has 0 aliphatic heterocycles. The largest absolute Gasteiger partial charge is 0.508 e. The van der Waals surface area contributed by atoms with Crippen LogP contribution in [0.25, 0.3) is 22.3 Å². The van der Waals surface area contributed by atoms with Crippen LogP contribution in [0.4, 0.5) is 0 Å². The molecular formula is C15H10CeO7. The Kier molecular flexibility index (Phi) is 4.73. The smallest absolute Gasteiger partial charge is 0.238 e. The molecule has 3 rings (SSSR count). The molecule has 116 valence electrons. The Morgan fingerprint density at radius 1 is 0.826 bits per heavy atom. The number of hydrogen-bond acceptors (Lipinski definition) is 7. The van der Waals surface area contributed by atoms with Gasteiger partial charge in [0.05, 0.1) is 0 Å². The summed E-state index contributed by atoms with van der Waals surface area (Å²) in [5.74, 6) is -2.71. The van der Waals surface area contributed by atoms with Gasteiger partial charge in [-0.05, 0) is 18.2 Å². The minimum atomic E-state index is -0.888. The van der Waals surface area contributed by atoms with E-state index >= 15 is 0 Å². The first kappa shape index (κ1) is 17.4. The zero-order valence-corrected chi connectivity index (χ0v) is 14.6. The molecule has 0 unspecified atom stereocenters. The SMILES string of the molecule is O=c1c(O)c(-c2ccc(O)c(O)c2)oc2cc(O)cc(O)c12.[Ce]. The van der Waals surface area contributed by atoms with E-state index < -0.39 is 22.7 Å². The van der Waals surface area contributed by atoms with Gasteiger partial charge in [-0.3, -0.25) is 4.79 Å². The molecule has 0 aliphatic rings. The van der Waals surface area contributed by atoms with Crippen molar-refractivity contribution >= 4 is 11.0 Å². The van der Waals surface area contributed by atoms with Gasteiger partial charge in [0.25, 0.3) is 0 Å². The number of benzene rings is 2. The van der Waals surface area contributed by atoms with Gasteiger partial charge in [0.1, 0.15) is 22.5 Å². The van der Waals surface area contributed by atoms with Gasteiger partial charge in [0.15, 0.2) is 17.3 Å². The second-order valence-electron chi connectivity index (χ2n) is 4.65. The van der Waals surface area contributed by atoms with E-state index in [1.807, 2.05) is 0 Å². The Hall–Kier alpha value is -1.97. The average molecular weight is 442 g/mol. The fourth-order valence-electron chi connectivity index (χ4n) is 2.14. The first-order valence-electron chi connectivity index (χ1n) is 6.12. The minimum absolute atomic E-state index is 0. The van der Waals surface area contributed by atoms with E-state index in [4.69, 9.17) is 4.42 Å². The number of rotatable bonds is 1. The second-order valence-corrected chi connectivity index (χ2v) is 4.65. The first-order valence-corrected chi connectivity index (χ1v) is 6.12. The molecule has 2 aromatic carbocycles. The number of hydrogen-bond donors (Lipinski definition) is 5. The molecule has 0 bridgehead atoms. The van der Waals surface area contributed by atoms with E-state index in [-0.39, 0.29) is 75.5 Å². The van der Waals surface area contributed by atoms with Crippen molar-refractivity contribution in [1.82, 2.24) is 0 Å². The summed E-state index contributed by atoms with van der Waals surface area (Å²) >= 11 is 0. The van der Waals surface area contributed by atoms with Gasteiger partial charge in [-0.15, -0.1) is 0 Å². The minimum Gasteiger partial charge on any atom is -0.508 e. The predicted molar refractivity (Wildman–Crippen MR) is 76.2 cm³/mol. The number of phenols is 4. The van der Waals surface area contributed by atoms with E-state index in [0.29, 0.717) is 0 Å².